The third kappa shape index (κ3) is 2.80. The summed E-state index contributed by atoms with van der Waals surface area (Å²) in [4.78, 5) is 16.8. The summed E-state index contributed by atoms with van der Waals surface area (Å²) in [5.41, 5.74) is 2.45. The molecular formula is C15H13BrN2O2S2. The molecule has 0 bridgehead atoms. The molecule has 2 heterocycles. The van der Waals surface area contributed by atoms with Crippen molar-refractivity contribution in [1.29, 1.82) is 0 Å². The molecule has 2 aromatic heterocycles. The Morgan fingerprint density at radius 1 is 1.41 bits per heavy atom. The first-order valence-electron chi connectivity index (χ1n) is 6.51. The van der Waals surface area contributed by atoms with E-state index in [4.69, 9.17) is 4.42 Å². The number of fused-ring (bicyclic) bond motifs is 1. The number of aromatic nitrogens is 1. The van der Waals surface area contributed by atoms with E-state index in [0.29, 0.717) is 16.5 Å². The van der Waals surface area contributed by atoms with Crippen LogP contribution in [0, 0.1) is 13.8 Å². The average Bonchev–Trinajstić information content (AvgIpc) is 2.99. The largest absolute Gasteiger partial charge is 0.451 e. The van der Waals surface area contributed by atoms with Gasteiger partial charge in [0.15, 0.2) is 10.9 Å². The Morgan fingerprint density at radius 2 is 2.18 bits per heavy atom. The van der Waals surface area contributed by atoms with Crippen LogP contribution in [-0.2, 0) is 0 Å². The molecule has 0 spiro atoms. The van der Waals surface area contributed by atoms with E-state index in [1.165, 1.54) is 11.3 Å². The molecule has 4 nitrogen and oxygen atoms in total. The van der Waals surface area contributed by atoms with Crippen molar-refractivity contribution in [2.75, 3.05) is 11.6 Å². The van der Waals surface area contributed by atoms with Crippen molar-refractivity contribution in [1.82, 2.24) is 4.98 Å². The first-order valence-corrected chi connectivity index (χ1v) is 9.34. The number of furan rings is 1. The fraction of sp³-hybridized carbons (Fsp3) is 0.200. The second-order valence-electron chi connectivity index (χ2n) is 4.75. The van der Waals surface area contributed by atoms with Gasteiger partial charge < -0.3 is 4.42 Å². The van der Waals surface area contributed by atoms with Gasteiger partial charge in [-0.1, -0.05) is 27.3 Å². The molecule has 0 saturated carbocycles. The second kappa shape index (κ2) is 6.06. The molecule has 1 aromatic carbocycles. The summed E-state index contributed by atoms with van der Waals surface area (Å²) in [5, 5.41) is 4.34. The Labute approximate surface area is 144 Å². The molecular weight excluding hydrogens is 384 g/mol. The van der Waals surface area contributed by atoms with E-state index in [9.17, 15) is 4.79 Å². The van der Waals surface area contributed by atoms with Crippen LogP contribution in [0.15, 0.2) is 31.3 Å². The lowest BCUT2D eigenvalue weighted by Crippen LogP contribution is -2.11. The number of anilines is 1. The number of carbonyl (C=O) groups excluding carboxylic acids is 1. The van der Waals surface area contributed by atoms with E-state index >= 15 is 0 Å². The van der Waals surface area contributed by atoms with Gasteiger partial charge in [-0.3, -0.25) is 10.1 Å². The molecule has 0 aliphatic carbocycles. The van der Waals surface area contributed by atoms with Crippen LogP contribution in [0.5, 0.6) is 0 Å². The molecule has 7 heteroatoms. The zero-order chi connectivity index (χ0) is 15.9. The molecule has 22 heavy (non-hydrogen) atoms. The summed E-state index contributed by atoms with van der Waals surface area (Å²) < 4.78 is 7.74. The fourth-order valence-electron chi connectivity index (χ4n) is 2.19. The minimum absolute atomic E-state index is 0.272. The maximum absolute atomic E-state index is 12.4. The van der Waals surface area contributed by atoms with Crippen molar-refractivity contribution in [3.05, 3.63) is 39.7 Å². The molecule has 1 N–H and O–H groups in total. The van der Waals surface area contributed by atoms with Crippen LogP contribution in [0.2, 0.25) is 0 Å². The van der Waals surface area contributed by atoms with Gasteiger partial charge >= 0.3 is 0 Å². The molecule has 0 radical (unpaired) electrons. The molecule has 0 fully saturated rings. The predicted molar refractivity (Wildman–Crippen MR) is 95.2 cm³/mol. The number of amides is 1. The average molecular weight is 397 g/mol. The van der Waals surface area contributed by atoms with Crippen LogP contribution < -0.4 is 5.32 Å². The number of hydrogen-bond donors (Lipinski definition) is 1. The van der Waals surface area contributed by atoms with Crippen molar-refractivity contribution in [3.8, 4) is 0 Å². The van der Waals surface area contributed by atoms with Crippen molar-refractivity contribution < 1.29 is 9.21 Å². The number of hydrogen-bond acceptors (Lipinski definition) is 5. The van der Waals surface area contributed by atoms with Crippen molar-refractivity contribution in [3.63, 3.8) is 0 Å². The van der Waals surface area contributed by atoms with Gasteiger partial charge in [0, 0.05) is 15.4 Å². The molecule has 1 amide bonds. The summed E-state index contributed by atoms with van der Waals surface area (Å²) in [6.07, 6.45) is 1.99. The highest BCUT2D eigenvalue weighted by Gasteiger charge is 2.19. The molecule has 0 saturated heterocycles. The van der Waals surface area contributed by atoms with Crippen LogP contribution >= 0.6 is 39.0 Å². The van der Waals surface area contributed by atoms with E-state index in [0.717, 1.165) is 25.3 Å². The number of benzene rings is 1. The molecule has 0 atom stereocenters. The van der Waals surface area contributed by atoms with Crippen LogP contribution in [0.3, 0.4) is 0 Å². The van der Waals surface area contributed by atoms with E-state index < -0.39 is 0 Å². The Morgan fingerprint density at radius 3 is 2.86 bits per heavy atom. The number of carbonyl (C=O) groups is 1. The maximum Gasteiger partial charge on any atom is 0.293 e. The summed E-state index contributed by atoms with van der Waals surface area (Å²) in [7, 11) is 0. The van der Waals surface area contributed by atoms with Crippen molar-refractivity contribution >= 4 is 61.0 Å². The van der Waals surface area contributed by atoms with Crippen LogP contribution in [-0.4, -0.2) is 17.1 Å². The van der Waals surface area contributed by atoms with Gasteiger partial charge in [-0.15, -0.1) is 11.8 Å². The standard InChI is InChI=1S/C15H13BrN2O2S2/c1-7-10-6-9(16)4-5-11(10)20-12(7)13(19)18-15-17-8(2)14(21-3)22-15/h4-6H,1-3H3,(H,17,18,19). The third-order valence-electron chi connectivity index (χ3n) is 3.26. The molecule has 114 valence electrons. The third-order valence-corrected chi connectivity index (χ3v) is 6.04. The summed E-state index contributed by atoms with van der Waals surface area (Å²) in [6.45, 7) is 3.82. The highest BCUT2D eigenvalue weighted by molar-refractivity contribution is 9.10. The summed E-state index contributed by atoms with van der Waals surface area (Å²) in [6, 6.07) is 5.69. The fourth-order valence-corrected chi connectivity index (χ4v) is 4.16. The second-order valence-corrected chi connectivity index (χ2v) is 7.74. The highest BCUT2D eigenvalue weighted by atomic mass is 79.9. The first kappa shape index (κ1) is 15.6. The number of halogens is 1. The van der Waals surface area contributed by atoms with E-state index in [-0.39, 0.29) is 5.91 Å². The minimum atomic E-state index is -0.272. The van der Waals surface area contributed by atoms with E-state index in [2.05, 4.69) is 26.2 Å². The van der Waals surface area contributed by atoms with Gasteiger partial charge in [0.1, 0.15) is 5.58 Å². The molecule has 3 aromatic rings. The lowest BCUT2D eigenvalue weighted by Gasteiger charge is -1.99. The predicted octanol–water partition coefficient (Wildman–Crippen LogP) is 5.24. The van der Waals surface area contributed by atoms with Gasteiger partial charge in [-0.05, 0) is 38.3 Å². The Balaban J connectivity index is 1.93. The topological polar surface area (TPSA) is 55.1 Å². The molecule has 0 unspecified atom stereocenters. The normalized spacial score (nSPS) is 11.1. The van der Waals surface area contributed by atoms with Crippen LogP contribution in [0.4, 0.5) is 5.13 Å². The smallest absolute Gasteiger partial charge is 0.293 e. The summed E-state index contributed by atoms with van der Waals surface area (Å²) in [5.74, 6) is 0.0536. The summed E-state index contributed by atoms with van der Waals surface area (Å²) >= 11 is 6.52. The number of rotatable bonds is 3. The van der Waals surface area contributed by atoms with Crippen LogP contribution in [0.1, 0.15) is 21.8 Å². The zero-order valence-corrected chi connectivity index (χ0v) is 15.4. The van der Waals surface area contributed by atoms with Gasteiger partial charge in [-0.25, -0.2) is 4.98 Å². The number of thiazole rings is 1. The molecule has 0 aliphatic rings. The Hall–Kier alpha value is -1.31. The first-order chi connectivity index (χ1) is 10.5. The zero-order valence-electron chi connectivity index (χ0n) is 12.2. The number of thioether (sulfide) groups is 1. The quantitative estimate of drug-likeness (QED) is 0.614. The van der Waals surface area contributed by atoms with Crippen molar-refractivity contribution in [2.24, 2.45) is 0 Å². The highest BCUT2D eigenvalue weighted by Crippen LogP contribution is 2.32. The maximum atomic E-state index is 12.4. The number of aryl methyl sites for hydroxylation is 2. The lowest BCUT2D eigenvalue weighted by atomic mass is 10.1. The van der Waals surface area contributed by atoms with Gasteiger partial charge in [0.05, 0.1) is 9.90 Å². The van der Waals surface area contributed by atoms with Crippen molar-refractivity contribution in [2.45, 2.75) is 18.1 Å². The van der Waals surface area contributed by atoms with Gasteiger partial charge in [-0.2, -0.15) is 0 Å². The van der Waals surface area contributed by atoms with E-state index in [1.807, 2.05) is 38.3 Å². The Bertz CT molecular complexity index is 870. The van der Waals surface area contributed by atoms with Gasteiger partial charge in [0.25, 0.3) is 5.91 Å². The van der Waals surface area contributed by atoms with Crippen LogP contribution in [0.25, 0.3) is 11.0 Å². The Kier molecular flexibility index (Phi) is 4.29. The van der Waals surface area contributed by atoms with E-state index in [1.54, 1.807) is 11.8 Å². The van der Waals surface area contributed by atoms with Gasteiger partial charge in [0.2, 0.25) is 0 Å². The monoisotopic (exact) mass is 396 g/mol. The SMILES string of the molecule is CSc1sc(NC(=O)c2oc3ccc(Br)cc3c2C)nc1C. The lowest BCUT2D eigenvalue weighted by molar-refractivity contribution is 0.0998. The molecule has 3 rings (SSSR count). The number of nitrogens with zero attached hydrogens (tertiary/aromatic N) is 1. The minimum Gasteiger partial charge on any atom is -0.451 e. The molecule has 0 aliphatic heterocycles. The number of nitrogens with one attached hydrogen (secondary N) is 1.